The summed E-state index contributed by atoms with van der Waals surface area (Å²) in [5.74, 6) is -1.62. The van der Waals surface area contributed by atoms with Crippen molar-refractivity contribution in [2.45, 2.75) is 6.10 Å². The number of carbonyl (C=O) groups excluding carboxylic acids is 2. The molecule has 0 radical (unpaired) electrons. The van der Waals surface area contributed by atoms with Gasteiger partial charge in [0.1, 0.15) is 5.82 Å². The van der Waals surface area contributed by atoms with Gasteiger partial charge in [0.2, 0.25) is 6.10 Å². The topological polar surface area (TPSA) is 73.2 Å². The fourth-order valence-corrected chi connectivity index (χ4v) is 2.34. The lowest BCUT2D eigenvalue weighted by atomic mass is 10.1. The Kier molecular flexibility index (Phi) is 5.07. The quantitative estimate of drug-likeness (QED) is 0.716. The molecule has 1 N–H and O–H groups in total. The van der Waals surface area contributed by atoms with E-state index in [1.54, 1.807) is 37.4 Å². The Hall–Kier alpha value is -3.48. The molecule has 7 heteroatoms. The summed E-state index contributed by atoms with van der Waals surface area (Å²) in [5.41, 5.74) is 1.15. The number of amides is 1. The van der Waals surface area contributed by atoms with Crippen LogP contribution in [-0.2, 0) is 16.6 Å². The molecule has 0 aliphatic carbocycles. The van der Waals surface area contributed by atoms with Crippen LogP contribution >= 0.6 is 0 Å². The van der Waals surface area contributed by atoms with E-state index in [0.717, 1.165) is 0 Å². The standard InChI is InChI=1S/C19H16FN3O3/c1-23-12-14(11-21-23)19(25)26-17(13-5-3-2-4-6-13)18(24)22-16-9-7-15(20)8-10-16/h2-12,17H,1H3,(H,22,24)/t17-/m0/s1. The SMILES string of the molecule is Cn1cc(C(=O)O[C@H](C(=O)Nc2ccc(F)cc2)c2ccccc2)cn1. The highest BCUT2D eigenvalue weighted by Gasteiger charge is 2.26. The molecule has 0 spiro atoms. The van der Waals surface area contributed by atoms with Gasteiger partial charge in [0, 0.05) is 24.5 Å². The summed E-state index contributed by atoms with van der Waals surface area (Å²) >= 11 is 0. The molecular formula is C19H16FN3O3. The highest BCUT2D eigenvalue weighted by Crippen LogP contribution is 2.21. The fraction of sp³-hybridized carbons (Fsp3) is 0.105. The number of nitrogens with one attached hydrogen (secondary N) is 1. The molecule has 132 valence electrons. The maximum Gasteiger partial charge on any atom is 0.342 e. The van der Waals surface area contributed by atoms with E-state index in [1.165, 1.54) is 41.3 Å². The van der Waals surface area contributed by atoms with Crippen molar-refractivity contribution in [3.8, 4) is 0 Å². The van der Waals surface area contributed by atoms with Crippen LogP contribution in [0.25, 0.3) is 0 Å². The molecule has 3 aromatic rings. The van der Waals surface area contributed by atoms with Crippen molar-refractivity contribution in [1.82, 2.24) is 9.78 Å². The molecule has 0 bridgehead atoms. The number of aromatic nitrogens is 2. The van der Waals surface area contributed by atoms with Crippen LogP contribution in [0.2, 0.25) is 0 Å². The summed E-state index contributed by atoms with van der Waals surface area (Å²) in [4.78, 5) is 25.0. The van der Waals surface area contributed by atoms with Crippen LogP contribution in [0.1, 0.15) is 22.0 Å². The van der Waals surface area contributed by atoms with Gasteiger partial charge in [-0.15, -0.1) is 0 Å². The van der Waals surface area contributed by atoms with Crippen molar-refractivity contribution in [1.29, 1.82) is 0 Å². The number of rotatable bonds is 5. The Balaban J connectivity index is 1.82. The zero-order valence-corrected chi connectivity index (χ0v) is 13.9. The van der Waals surface area contributed by atoms with E-state index >= 15 is 0 Å². The van der Waals surface area contributed by atoms with Crippen molar-refractivity contribution >= 4 is 17.6 Å². The van der Waals surface area contributed by atoms with Crippen LogP contribution in [0.4, 0.5) is 10.1 Å². The smallest absolute Gasteiger partial charge is 0.342 e. The first-order valence-corrected chi connectivity index (χ1v) is 7.84. The molecule has 1 amide bonds. The van der Waals surface area contributed by atoms with Gasteiger partial charge in [0.15, 0.2) is 0 Å². The molecule has 1 heterocycles. The molecule has 0 unspecified atom stereocenters. The molecular weight excluding hydrogens is 337 g/mol. The van der Waals surface area contributed by atoms with Crippen molar-refractivity contribution in [2.24, 2.45) is 7.05 Å². The number of hydrogen-bond donors (Lipinski definition) is 1. The van der Waals surface area contributed by atoms with Gasteiger partial charge in [-0.25, -0.2) is 9.18 Å². The third-order valence-electron chi connectivity index (χ3n) is 3.62. The van der Waals surface area contributed by atoms with Crippen LogP contribution < -0.4 is 5.32 Å². The molecule has 6 nitrogen and oxygen atoms in total. The Labute approximate surface area is 149 Å². The van der Waals surface area contributed by atoms with Crippen LogP contribution in [0, 0.1) is 5.82 Å². The van der Waals surface area contributed by atoms with Crippen molar-refractivity contribution in [2.75, 3.05) is 5.32 Å². The predicted octanol–water partition coefficient (Wildman–Crippen LogP) is 3.10. The largest absolute Gasteiger partial charge is 0.444 e. The average Bonchev–Trinajstić information content (AvgIpc) is 3.08. The lowest BCUT2D eigenvalue weighted by Gasteiger charge is -2.17. The summed E-state index contributed by atoms with van der Waals surface area (Å²) in [6.07, 6.45) is 1.71. The van der Waals surface area contributed by atoms with Gasteiger partial charge in [-0.2, -0.15) is 5.10 Å². The van der Waals surface area contributed by atoms with E-state index in [2.05, 4.69) is 10.4 Å². The molecule has 1 atom stereocenters. The van der Waals surface area contributed by atoms with Gasteiger partial charge < -0.3 is 10.1 Å². The van der Waals surface area contributed by atoms with Gasteiger partial charge in [0.25, 0.3) is 5.91 Å². The molecule has 0 aliphatic rings. The number of anilines is 1. The number of nitrogens with zero attached hydrogens (tertiary/aromatic N) is 2. The van der Waals surface area contributed by atoms with Crippen LogP contribution in [-0.4, -0.2) is 21.7 Å². The van der Waals surface area contributed by atoms with Gasteiger partial charge >= 0.3 is 5.97 Å². The fourth-order valence-electron chi connectivity index (χ4n) is 2.34. The number of esters is 1. The first-order valence-electron chi connectivity index (χ1n) is 7.84. The predicted molar refractivity (Wildman–Crippen MR) is 92.8 cm³/mol. The third-order valence-corrected chi connectivity index (χ3v) is 3.62. The number of carbonyl (C=O) groups is 2. The molecule has 0 aliphatic heterocycles. The molecule has 0 fully saturated rings. The lowest BCUT2D eigenvalue weighted by molar-refractivity contribution is -0.125. The summed E-state index contributed by atoms with van der Waals surface area (Å²) < 4.78 is 19.9. The van der Waals surface area contributed by atoms with E-state index in [9.17, 15) is 14.0 Å². The van der Waals surface area contributed by atoms with Gasteiger partial charge in [0.05, 0.1) is 11.8 Å². The van der Waals surface area contributed by atoms with Crippen molar-refractivity contribution in [3.05, 3.63) is 83.9 Å². The maximum absolute atomic E-state index is 13.0. The molecule has 0 saturated heterocycles. The highest BCUT2D eigenvalue weighted by atomic mass is 19.1. The number of halogens is 1. The third kappa shape index (κ3) is 4.13. The molecule has 26 heavy (non-hydrogen) atoms. The summed E-state index contributed by atoms with van der Waals surface area (Å²) in [6, 6.07) is 14.0. The summed E-state index contributed by atoms with van der Waals surface area (Å²) in [5, 5.41) is 6.54. The number of aryl methyl sites for hydroxylation is 1. The number of hydrogen-bond acceptors (Lipinski definition) is 4. The molecule has 0 saturated carbocycles. The summed E-state index contributed by atoms with van der Waals surface area (Å²) in [6.45, 7) is 0. The minimum absolute atomic E-state index is 0.239. The second kappa shape index (κ2) is 7.60. The van der Waals surface area contributed by atoms with E-state index < -0.39 is 23.8 Å². The molecule has 3 rings (SSSR count). The van der Waals surface area contributed by atoms with Gasteiger partial charge in [-0.1, -0.05) is 30.3 Å². The Bertz CT molecular complexity index is 907. The zero-order valence-electron chi connectivity index (χ0n) is 13.9. The normalized spacial score (nSPS) is 11.6. The van der Waals surface area contributed by atoms with E-state index in [4.69, 9.17) is 4.74 Å². The second-order valence-corrected chi connectivity index (χ2v) is 5.59. The van der Waals surface area contributed by atoms with Gasteiger partial charge in [-0.3, -0.25) is 9.48 Å². The monoisotopic (exact) mass is 353 g/mol. The van der Waals surface area contributed by atoms with Crippen LogP contribution in [0.15, 0.2) is 67.0 Å². The van der Waals surface area contributed by atoms with Crippen LogP contribution in [0.5, 0.6) is 0 Å². The minimum atomic E-state index is -1.16. The lowest BCUT2D eigenvalue weighted by Crippen LogP contribution is -2.25. The van der Waals surface area contributed by atoms with Gasteiger partial charge in [-0.05, 0) is 24.3 Å². The summed E-state index contributed by atoms with van der Waals surface area (Å²) in [7, 11) is 1.67. The van der Waals surface area contributed by atoms with Crippen LogP contribution in [0.3, 0.4) is 0 Å². The molecule has 2 aromatic carbocycles. The number of ether oxygens (including phenoxy) is 1. The second-order valence-electron chi connectivity index (χ2n) is 5.59. The number of benzene rings is 2. The highest BCUT2D eigenvalue weighted by molar-refractivity contribution is 5.98. The Morgan fingerprint density at radius 1 is 1.12 bits per heavy atom. The first kappa shape index (κ1) is 17.3. The minimum Gasteiger partial charge on any atom is -0.444 e. The maximum atomic E-state index is 13.0. The van der Waals surface area contributed by atoms with E-state index in [1.807, 2.05) is 0 Å². The van der Waals surface area contributed by atoms with E-state index in [-0.39, 0.29) is 5.56 Å². The first-order chi connectivity index (χ1) is 12.5. The van der Waals surface area contributed by atoms with Crippen molar-refractivity contribution < 1.29 is 18.7 Å². The Morgan fingerprint density at radius 2 is 1.81 bits per heavy atom. The van der Waals surface area contributed by atoms with Crippen molar-refractivity contribution in [3.63, 3.8) is 0 Å². The molecule has 1 aromatic heterocycles. The van der Waals surface area contributed by atoms with E-state index in [0.29, 0.717) is 11.3 Å². The zero-order chi connectivity index (χ0) is 18.5. The average molecular weight is 353 g/mol. The Morgan fingerprint density at radius 3 is 2.42 bits per heavy atom.